The van der Waals surface area contributed by atoms with Crippen LogP contribution in [-0.4, -0.2) is 32.9 Å². The van der Waals surface area contributed by atoms with Crippen LogP contribution in [0, 0.1) is 28.2 Å². The zero-order chi connectivity index (χ0) is 45.1. The Morgan fingerprint density at radius 3 is 1.03 bits per heavy atom. The fourth-order valence-corrected chi connectivity index (χ4v) is 10.1. The van der Waals surface area contributed by atoms with Crippen LogP contribution in [0.1, 0.15) is 68.3 Å². The number of aryl methyl sites for hydroxylation is 2. The predicted octanol–water partition coefficient (Wildman–Crippen LogP) is 15.3. The Morgan fingerprint density at radius 1 is 0.382 bits per heavy atom. The summed E-state index contributed by atoms with van der Waals surface area (Å²) in [4.78, 5) is 0. The predicted molar refractivity (Wildman–Crippen MR) is 277 cm³/mol. The molecule has 0 spiro atoms. The van der Waals surface area contributed by atoms with Crippen molar-refractivity contribution in [2.24, 2.45) is 0 Å². The van der Waals surface area contributed by atoms with Crippen LogP contribution in [0.3, 0.4) is 0 Å². The molecule has 336 valence electrons. The second-order valence-corrected chi connectivity index (χ2v) is 17.4. The molecule has 5 heteroatoms. The first-order valence-corrected chi connectivity index (χ1v) is 22.8. The van der Waals surface area contributed by atoms with Crippen LogP contribution in [0.4, 0.5) is 0 Å². The molecule has 0 bridgehead atoms. The van der Waals surface area contributed by atoms with Gasteiger partial charge in [-0.1, -0.05) is 140 Å². The molecule has 0 atom stereocenters. The van der Waals surface area contributed by atoms with Crippen LogP contribution >= 0.6 is 0 Å². The maximum atomic E-state index is 12.1. The Bertz CT molecular complexity index is 2920. The minimum absolute atomic E-state index is 0. The van der Waals surface area contributed by atoms with Crippen molar-refractivity contribution in [3.8, 4) is 67.5 Å². The smallest absolute Gasteiger partial charge is 0.262 e. The molecule has 2 aliphatic rings. The molecule has 0 amide bonds. The summed E-state index contributed by atoms with van der Waals surface area (Å²) in [7, 11) is 0. The number of rotatable bonds is 10. The fourth-order valence-electron chi connectivity index (χ4n) is 10.1. The van der Waals surface area contributed by atoms with E-state index in [4.69, 9.17) is 9.47 Å². The third kappa shape index (κ3) is 9.16. The van der Waals surface area contributed by atoms with Gasteiger partial charge >= 0.3 is 0 Å². The molecule has 0 fully saturated rings. The monoisotopic (exact) mass is 1060 g/mol. The molecule has 0 saturated heterocycles. The normalized spacial score (nSPS) is 12.0. The van der Waals surface area contributed by atoms with Gasteiger partial charge in [-0.3, -0.25) is 0 Å². The summed E-state index contributed by atoms with van der Waals surface area (Å²) in [5, 5.41) is 24.2. The molecule has 0 unspecified atom stereocenters. The van der Waals surface area contributed by atoms with Crippen LogP contribution in [-0.2, 0) is 25.8 Å². The van der Waals surface area contributed by atoms with Gasteiger partial charge in [0.15, 0.2) is 13.2 Å². The number of benzene rings is 9. The first-order valence-electron chi connectivity index (χ1n) is 22.8. The van der Waals surface area contributed by atoms with Gasteiger partial charge in [0.05, 0.1) is 11.1 Å². The standard InChI is InChI=1S/C55H44O4.C7H7.CH3.Hf/c1-34-30-46(54(56)48(32-34)52-42-22-7-3-16-36(42)37-17-4-8-23-43(37)52)40-20-11-13-26-50(40)58-28-15-29-59-51-27-14-12-21-41(51)47-31-35(2)33-49(55(47)57)53-44-24-9-5-18-38(44)39-19-6-10-25-45(39)53;1-7-5-3-2-4-6-7;;/h3-14,16-27,30-33,52-53,56-57H,15,28-29H2,1-2H3;2-6H,1H2;1H3;/q;2*-1;/p+2. The van der Waals surface area contributed by atoms with Crippen LogP contribution in [0.2, 0.25) is 0 Å². The van der Waals surface area contributed by atoms with E-state index in [0.29, 0.717) is 24.7 Å². The van der Waals surface area contributed by atoms with Gasteiger partial charge in [0.2, 0.25) is 0 Å². The van der Waals surface area contributed by atoms with Gasteiger partial charge in [-0.15, -0.1) is 12.1 Å². The van der Waals surface area contributed by atoms with Crippen molar-refractivity contribution in [2.75, 3.05) is 13.2 Å². The SMILES string of the molecule is Cc1cc(-c2ccccc2[OH+]CCC[OH+]c2ccccc2-c2cc(C)cc(C3c4ccccc4-c4ccccc43)c2O)c(O)c(C2c3ccccc3-c3ccccc32)c1.[CH2-]c1ccccc1.[CH3-].[Hf]. The van der Waals surface area contributed by atoms with Crippen LogP contribution in [0.5, 0.6) is 23.0 Å². The molecule has 0 radical (unpaired) electrons. The third-order valence-electron chi connectivity index (χ3n) is 13.0. The average molecular weight is 1060 g/mol. The molecule has 0 saturated carbocycles. The molecule has 0 aliphatic heterocycles. The second kappa shape index (κ2) is 20.8. The summed E-state index contributed by atoms with van der Waals surface area (Å²) >= 11 is 0. The number of hydrogen-bond acceptors (Lipinski definition) is 2. The van der Waals surface area contributed by atoms with Gasteiger partial charge in [0, 0.05) is 72.1 Å². The molecule has 4 nitrogen and oxygen atoms in total. The van der Waals surface area contributed by atoms with Gasteiger partial charge < -0.3 is 27.1 Å². The van der Waals surface area contributed by atoms with Crippen molar-refractivity contribution in [1.29, 1.82) is 0 Å². The van der Waals surface area contributed by atoms with Crippen molar-refractivity contribution in [3.05, 3.63) is 265 Å². The van der Waals surface area contributed by atoms with E-state index in [1.165, 1.54) is 44.5 Å². The van der Waals surface area contributed by atoms with Crippen molar-refractivity contribution in [3.63, 3.8) is 0 Å². The van der Waals surface area contributed by atoms with E-state index in [-0.39, 0.29) is 45.1 Å². The Labute approximate surface area is 420 Å². The number of aromatic hydroxyl groups is 4. The number of aliphatic hydroxyl groups is 2. The molecule has 4 N–H and O–H groups in total. The molecule has 0 heterocycles. The van der Waals surface area contributed by atoms with Crippen LogP contribution in [0.25, 0.3) is 44.5 Å². The minimum atomic E-state index is -0.0564. The zero-order valence-corrected chi connectivity index (χ0v) is 42.4. The second-order valence-electron chi connectivity index (χ2n) is 17.4. The Kier molecular flexibility index (Phi) is 14.5. The van der Waals surface area contributed by atoms with Gasteiger partial charge in [-0.05, 0) is 93.7 Å². The number of fused-ring (bicyclic) bond motifs is 6. The number of para-hydroxylation sites is 2. The van der Waals surface area contributed by atoms with Crippen LogP contribution in [0.15, 0.2) is 200 Å². The Balaban J connectivity index is 0.000000639. The van der Waals surface area contributed by atoms with Gasteiger partial charge in [0.25, 0.3) is 11.5 Å². The molecule has 2 aliphatic carbocycles. The average Bonchev–Trinajstić information content (AvgIpc) is 3.86. The summed E-state index contributed by atoms with van der Waals surface area (Å²) in [6, 6.07) is 68.6. The Hall–Kier alpha value is -7.08. The summed E-state index contributed by atoms with van der Waals surface area (Å²) in [5.74, 6) is 2.17. The number of phenolic OH excluding ortho intramolecular Hbond substituents is 2. The molecular formula is C63H56HfO4. The Morgan fingerprint density at radius 2 is 0.691 bits per heavy atom. The quantitative estimate of drug-likeness (QED) is 0.0620. The van der Waals surface area contributed by atoms with E-state index < -0.39 is 0 Å². The van der Waals surface area contributed by atoms with E-state index in [1.54, 1.807) is 0 Å². The topological polar surface area (TPSA) is 66.1 Å². The molecule has 68 heavy (non-hydrogen) atoms. The molecular weight excluding hydrogens is 999 g/mol. The van der Waals surface area contributed by atoms with Crippen molar-refractivity contribution < 1.29 is 45.5 Å². The van der Waals surface area contributed by atoms with Crippen molar-refractivity contribution in [2.45, 2.75) is 32.1 Å². The van der Waals surface area contributed by atoms with Crippen LogP contribution < -0.4 is 0 Å². The largest absolute Gasteiger partial charge is 0.582 e. The molecule has 0 aromatic heterocycles. The van der Waals surface area contributed by atoms with Crippen molar-refractivity contribution >= 4 is 0 Å². The van der Waals surface area contributed by atoms with E-state index in [0.717, 1.165) is 68.0 Å². The number of hydrogen-bond donors (Lipinski definition) is 2. The van der Waals surface area contributed by atoms with Gasteiger partial charge in [-0.25, -0.2) is 0 Å². The summed E-state index contributed by atoms with van der Waals surface area (Å²) in [6.07, 6.45) is 0.740. The minimum Gasteiger partial charge on any atom is -0.582 e. The molecule has 9 aromatic carbocycles. The first-order chi connectivity index (χ1) is 32.4. The van der Waals surface area contributed by atoms with E-state index >= 15 is 0 Å². The first kappa shape index (κ1) is 47.4. The zero-order valence-electron chi connectivity index (χ0n) is 38.8. The fraction of sp³-hybridized carbons (Fsp3) is 0.111. The van der Waals surface area contributed by atoms with Gasteiger partial charge in [0.1, 0.15) is 17.9 Å². The summed E-state index contributed by atoms with van der Waals surface area (Å²) in [6.45, 7) is 9.07. The summed E-state index contributed by atoms with van der Waals surface area (Å²) < 4.78 is 10.1. The molecule has 11 rings (SSSR count). The van der Waals surface area contributed by atoms with E-state index in [9.17, 15) is 10.2 Å². The van der Waals surface area contributed by atoms with E-state index in [2.05, 4.69) is 154 Å². The summed E-state index contributed by atoms with van der Waals surface area (Å²) in [5.41, 5.74) is 18.2. The number of phenols is 2. The van der Waals surface area contributed by atoms with E-state index in [1.807, 2.05) is 66.7 Å². The number of ether oxygens (including phenoxy) is 2. The van der Waals surface area contributed by atoms with Crippen molar-refractivity contribution in [1.82, 2.24) is 0 Å². The third-order valence-corrected chi connectivity index (χ3v) is 13.0. The maximum Gasteiger partial charge on any atom is 0.262 e. The van der Waals surface area contributed by atoms with Gasteiger partial charge in [-0.2, -0.15) is 24.6 Å². The molecule has 9 aromatic rings. The maximum absolute atomic E-state index is 12.1.